The summed E-state index contributed by atoms with van der Waals surface area (Å²) in [5.74, 6) is 1.47. The molecule has 0 aliphatic heterocycles. The largest absolute Gasteiger partial charge is 0.468 e. The smallest absolute Gasteiger partial charge is 0.237 e. The van der Waals surface area contributed by atoms with Crippen LogP contribution < -0.4 is 11.1 Å². The zero-order chi connectivity index (χ0) is 13.6. The van der Waals surface area contributed by atoms with Crippen molar-refractivity contribution in [1.29, 1.82) is 0 Å². The third kappa shape index (κ3) is 4.38. The lowest BCUT2D eigenvalue weighted by Crippen LogP contribution is -2.54. The first-order chi connectivity index (χ1) is 8.48. The second-order valence-electron chi connectivity index (χ2n) is 4.63. The zero-order valence-electron chi connectivity index (χ0n) is 11.2. The van der Waals surface area contributed by atoms with Crippen molar-refractivity contribution < 1.29 is 9.21 Å². The van der Waals surface area contributed by atoms with Crippen molar-refractivity contribution in [3.05, 3.63) is 24.2 Å². The van der Waals surface area contributed by atoms with E-state index in [9.17, 15) is 4.79 Å². The molecule has 0 aliphatic carbocycles. The molecule has 0 aromatic carbocycles. The van der Waals surface area contributed by atoms with Crippen molar-refractivity contribution in [2.24, 2.45) is 5.73 Å². The van der Waals surface area contributed by atoms with Crippen molar-refractivity contribution in [3.8, 4) is 0 Å². The van der Waals surface area contributed by atoms with Crippen molar-refractivity contribution in [2.45, 2.75) is 43.7 Å². The molecular weight excluding hydrogens is 248 g/mol. The first-order valence-electron chi connectivity index (χ1n) is 6.17. The topological polar surface area (TPSA) is 68.3 Å². The van der Waals surface area contributed by atoms with E-state index in [-0.39, 0.29) is 5.91 Å². The Morgan fingerprint density at radius 2 is 2.39 bits per heavy atom. The van der Waals surface area contributed by atoms with Gasteiger partial charge >= 0.3 is 0 Å². The van der Waals surface area contributed by atoms with Gasteiger partial charge in [0.15, 0.2) is 0 Å². The first kappa shape index (κ1) is 15.1. The summed E-state index contributed by atoms with van der Waals surface area (Å²) in [6, 6.07) is 3.84. The van der Waals surface area contributed by atoms with E-state index in [4.69, 9.17) is 10.2 Å². The van der Waals surface area contributed by atoms with Crippen molar-refractivity contribution in [3.63, 3.8) is 0 Å². The Bertz CT molecular complexity index is 367. The molecule has 3 N–H and O–H groups in total. The van der Waals surface area contributed by atoms with E-state index >= 15 is 0 Å². The van der Waals surface area contributed by atoms with Gasteiger partial charge < -0.3 is 15.5 Å². The molecule has 1 aromatic heterocycles. The Balaban J connectivity index is 2.46. The molecule has 18 heavy (non-hydrogen) atoms. The molecule has 2 atom stereocenters. The van der Waals surface area contributed by atoms with Crippen LogP contribution in [0.25, 0.3) is 0 Å². The van der Waals surface area contributed by atoms with Gasteiger partial charge in [0.25, 0.3) is 0 Å². The number of nitrogens with one attached hydrogen (secondary N) is 1. The minimum absolute atomic E-state index is 0.296. The van der Waals surface area contributed by atoms with Crippen LogP contribution in [0.3, 0.4) is 0 Å². The highest BCUT2D eigenvalue weighted by Gasteiger charge is 2.31. The molecule has 5 heteroatoms. The summed E-state index contributed by atoms with van der Waals surface area (Å²) in [5.41, 5.74) is 4.83. The molecule has 0 saturated heterocycles. The lowest BCUT2D eigenvalue weighted by molar-refractivity contribution is -0.124. The Hall–Kier alpha value is -0.940. The van der Waals surface area contributed by atoms with Gasteiger partial charge in [0.1, 0.15) is 5.76 Å². The van der Waals surface area contributed by atoms with Crippen LogP contribution in [0.5, 0.6) is 0 Å². The molecule has 1 aromatic rings. The number of thioether (sulfide) groups is 1. The average Bonchev–Trinajstić information content (AvgIpc) is 2.79. The van der Waals surface area contributed by atoms with Crippen LogP contribution >= 0.6 is 11.8 Å². The molecule has 0 spiro atoms. The summed E-state index contributed by atoms with van der Waals surface area (Å²) in [7, 11) is 0. The lowest BCUT2D eigenvalue weighted by atomic mass is 9.95. The van der Waals surface area contributed by atoms with E-state index in [1.165, 1.54) is 0 Å². The number of nitrogens with two attached hydrogens (primary N) is 1. The number of hydrogen-bond acceptors (Lipinski definition) is 4. The summed E-state index contributed by atoms with van der Waals surface area (Å²) in [6.07, 6.45) is 2.38. The molecule has 0 fully saturated rings. The van der Waals surface area contributed by atoms with Crippen molar-refractivity contribution in [2.75, 3.05) is 6.54 Å². The third-order valence-electron chi connectivity index (χ3n) is 2.90. The van der Waals surface area contributed by atoms with Gasteiger partial charge in [-0.3, -0.25) is 4.79 Å². The minimum Gasteiger partial charge on any atom is -0.468 e. The molecule has 0 saturated carbocycles. The molecule has 0 radical (unpaired) electrons. The Morgan fingerprint density at radius 1 is 1.67 bits per heavy atom. The molecule has 0 aliphatic rings. The molecule has 1 amide bonds. The predicted molar refractivity (Wildman–Crippen MR) is 75.4 cm³/mol. The van der Waals surface area contributed by atoms with Crippen molar-refractivity contribution >= 4 is 17.7 Å². The van der Waals surface area contributed by atoms with Crippen LogP contribution in [0.1, 0.15) is 33.0 Å². The van der Waals surface area contributed by atoms with E-state index in [0.717, 1.165) is 18.1 Å². The highest BCUT2D eigenvalue weighted by Crippen LogP contribution is 2.25. The molecule has 102 valence electrons. The highest BCUT2D eigenvalue weighted by molar-refractivity contribution is 7.99. The minimum atomic E-state index is -0.635. The number of rotatable bonds is 8. The molecular formula is C13H22N2O2S. The maximum atomic E-state index is 11.5. The monoisotopic (exact) mass is 270 g/mol. The number of likely N-dealkylation sites (N-methyl/N-ethyl adjacent to an activating group) is 1. The first-order valence-corrected chi connectivity index (χ1v) is 7.21. The Morgan fingerprint density at radius 3 is 2.89 bits per heavy atom. The van der Waals surface area contributed by atoms with Crippen molar-refractivity contribution in [1.82, 2.24) is 5.32 Å². The summed E-state index contributed by atoms with van der Waals surface area (Å²) < 4.78 is 5.28. The lowest BCUT2D eigenvalue weighted by Gasteiger charge is -2.29. The predicted octanol–water partition coefficient (Wildman–Crippen LogP) is 2.14. The van der Waals surface area contributed by atoms with Crippen LogP contribution in [-0.2, 0) is 10.5 Å². The fourth-order valence-corrected chi connectivity index (χ4v) is 2.97. The second-order valence-corrected chi connectivity index (χ2v) is 6.06. The van der Waals surface area contributed by atoms with E-state index in [2.05, 4.69) is 12.2 Å². The third-order valence-corrected chi connectivity index (χ3v) is 4.08. The fourth-order valence-electron chi connectivity index (χ4n) is 1.90. The quantitative estimate of drug-likeness (QED) is 0.759. The summed E-state index contributed by atoms with van der Waals surface area (Å²) in [5, 5.41) is 3.50. The normalized spacial score (nSPS) is 16.2. The van der Waals surface area contributed by atoms with Gasteiger partial charge in [-0.25, -0.2) is 0 Å². The highest BCUT2D eigenvalue weighted by atomic mass is 32.2. The molecule has 0 bridgehead atoms. The summed E-state index contributed by atoms with van der Waals surface area (Å²) >= 11 is 1.76. The number of hydrogen-bond donors (Lipinski definition) is 2. The van der Waals surface area contributed by atoms with Gasteiger partial charge in [-0.1, -0.05) is 13.8 Å². The van der Waals surface area contributed by atoms with Crippen LogP contribution in [0, 0.1) is 0 Å². The van der Waals surface area contributed by atoms with Crippen LogP contribution in [0.2, 0.25) is 0 Å². The SMILES string of the molecule is CCNC(C)(CC(C)SCc1ccco1)C(N)=O. The zero-order valence-corrected chi connectivity index (χ0v) is 12.0. The average molecular weight is 270 g/mol. The molecule has 2 unspecified atom stereocenters. The van der Waals surface area contributed by atoms with Gasteiger partial charge in [-0.15, -0.1) is 0 Å². The standard InChI is InChI=1S/C13H22N2O2S/c1-4-15-13(3,12(14)16)8-10(2)18-9-11-6-5-7-17-11/h5-7,10,15H,4,8-9H2,1-3H3,(H2,14,16). The van der Waals surface area contributed by atoms with E-state index in [1.807, 2.05) is 26.0 Å². The molecule has 1 rings (SSSR count). The van der Waals surface area contributed by atoms with E-state index in [0.29, 0.717) is 11.7 Å². The van der Waals surface area contributed by atoms with E-state index in [1.54, 1.807) is 18.0 Å². The Labute approximate surface area is 113 Å². The maximum absolute atomic E-state index is 11.5. The fraction of sp³-hybridized carbons (Fsp3) is 0.615. The van der Waals surface area contributed by atoms with Gasteiger partial charge in [0.05, 0.1) is 17.6 Å². The van der Waals surface area contributed by atoms with E-state index < -0.39 is 5.54 Å². The van der Waals surface area contributed by atoms with Crippen LogP contribution in [0.15, 0.2) is 22.8 Å². The molecule has 1 heterocycles. The van der Waals surface area contributed by atoms with Crippen LogP contribution in [-0.4, -0.2) is 23.2 Å². The summed E-state index contributed by atoms with van der Waals surface area (Å²) in [4.78, 5) is 11.5. The van der Waals surface area contributed by atoms with Gasteiger partial charge in [-0.2, -0.15) is 11.8 Å². The Kier molecular flexibility index (Phi) is 5.75. The number of furan rings is 1. The van der Waals surface area contributed by atoms with Gasteiger partial charge in [0, 0.05) is 5.25 Å². The number of carbonyl (C=O) groups excluding carboxylic acids is 1. The summed E-state index contributed by atoms with van der Waals surface area (Å²) in [6.45, 7) is 6.67. The maximum Gasteiger partial charge on any atom is 0.237 e. The second kappa shape index (κ2) is 6.85. The number of carbonyl (C=O) groups is 1. The van der Waals surface area contributed by atoms with Gasteiger partial charge in [0.2, 0.25) is 5.91 Å². The number of primary amides is 1. The van der Waals surface area contributed by atoms with Gasteiger partial charge in [-0.05, 0) is 32.0 Å². The molecule has 4 nitrogen and oxygen atoms in total. The number of amides is 1. The van der Waals surface area contributed by atoms with Crippen LogP contribution in [0.4, 0.5) is 0 Å².